The summed E-state index contributed by atoms with van der Waals surface area (Å²) >= 11 is 13.8. The lowest BCUT2D eigenvalue weighted by Gasteiger charge is -2.10. The molecular formula is C15H14Cl2OS. The molecule has 1 aromatic heterocycles. The number of aliphatic hydroxyl groups excluding tert-OH is 1. The van der Waals surface area contributed by atoms with Gasteiger partial charge in [0.05, 0.1) is 6.10 Å². The van der Waals surface area contributed by atoms with Crippen LogP contribution in [-0.4, -0.2) is 5.11 Å². The fourth-order valence-corrected chi connectivity index (χ4v) is 4.24. The van der Waals surface area contributed by atoms with Crippen LogP contribution in [0.2, 0.25) is 10.0 Å². The molecule has 2 aromatic rings. The molecule has 100 valence electrons. The molecule has 1 aromatic carbocycles. The number of benzene rings is 1. The Morgan fingerprint density at radius 3 is 2.79 bits per heavy atom. The summed E-state index contributed by atoms with van der Waals surface area (Å²) in [7, 11) is 0. The van der Waals surface area contributed by atoms with Gasteiger partial charge < -0.3 is 5.11 Å². The van der Waals surface area contributed by atoms with Crippen LogP contribution < -0.4 is 0 Å². The third-order valence-corrected chi connectivity index (χ3v) is 5.45. The van der Waals surface area contributed by atoms with E-state index in [1.165, 1.54) is 16.9 Å². The van der Waals surface area contributed by atoms with E-state index in [2.05, 4.69) is 6.07 Å². The van der Waals surface area contributed by atoms with Crippen LogP contribution in [0.4, 0.5) is 0 Å². The van der Waals surface area contributed by atoms with Crippen molar-refractivity contribution in [1.29, 1.82) is 0 Å². The van der Waals surface area contributed by atoms with Crippen LogP contribution in [0.15, 0.2) is 24.3 Å². The van der Waals surface area contributed by atoms with Crippen LogP contribution in [0.25, 0.3) is 0 Å². The number of rotatable bonds is 3. The van der Waals surface area contributed by atoms with Crippen molar-refractivity contribution in [3.05, 3.63) is 55.2 Å². The molecular weight excluding hydrogens is 299 g/mol. The summed E-state index contributed by atoms with van der Waals surface area (Å²) in [5, 5.41) is 11.6. The monoisotopic (exact) mass is 312 g/mol. The van der Waals surface area contributed by atoms with E-state index in [1.54, 1.807) is 17.4 Å². The van der Waals surface area contributed by atoms with Gasteiger partial charge in [-0.2, -0.15) is 0 Å². The smallest absolute Gasteiger partial charge is 0.0922 e. The molecule has 0 spiro atoms. The molecule has 0 fully saturated rings. The first-order valence-electron chi connectivity index (χ1n) is 6.37. The number of hydrogen-bond acceptors (Lipinski definition) is 2. The third-order valence-electron chi connectivity index (χ3n) is 3.52. The molecule has 0 radical (unpaired) electrons. The fourth-order valence-electron chi connectivity index (χ4n) is 2.51. The average molecular weight is 313 g/mol. The second kappa shape index (κ2) is 5.45. The number of halogens is 2. The van der Waals surface area contributed by atoms with Crippen LogP contribution >= 0.6 is 34.5 Å². The summed E-state index contributed by atoms with van der Waals surface area (Å²) in [6, 6.07) is 7.57. The molecule has 0 saturated heterocycles. The van der Waals surface area contributed by atoms with Crippen molar-refractivity contribution in [3.63, 3.8) is 0 Å². The van der Waals surface area contributed by atoms with Gasteiger partial charge in [-0.1, -0.05) is 29.3 Å². The molecule has 1 heterocycles. The molecule has 0 saturated carbocycles. The molecule has 1 N–H and O–H groups in total. The third kappa shape index (κ3) is 2.82. The predicted molar refractivity (Wildman–Crippen MR) is 81.5 cm³/mol. The summed E-state index contributed by atoms with van der Waals surface area (Å²) in [5.41, 5.74) is 2.35. The Morgan fingerprint density at radius 2 is 2.05 bits per heavy atom. The topological polar surface area (TPSA) is 20.2 Å². The molecule has 1 aliphatic carbocycles. The highest BCUT2D eigenvalue weighted by molar-refractivity contribution is 7.12. The Bertz CT molecular complexity index is 585. The van der Waals surface area contributed by atoms with Gasteiger partial charge in [0.2, 0.25) is 0 Å². The van der Waals surface area contributed by atoms with E-state index in [0.29, 0.717) is 16.5 Å². The van der Waals surface area contributed by atoms with Gasteiger partial charge in [-0.3, -0.25) is 0 Å². The standard InChI is InChI=1S/C15H14Cl2OS/c16-11-5-4-9(12(17)8-11)6-13(18)15-7-10-2-1-3-14(10)19-15/h4-5,7-8,13,18H,1-3,6H2. The van der Waals surface area contributed by atoms with E-state index < -0.39 is 6.10 Å². The van der Waals surface area contributed by atoms with Gasteiger partial charge >= 0.3 is 0 Å². The van der Waals surface area contributed by atoms with Gasteiger partial charge in [-0.25, -0.2) is 0 Å². The van der Waals surface area contributed by atoms with Crippen LogP contribution in [0.5, 0.6) is 0 Å². The van der Waals surface area contributed by atoms with Crippen LogP contribution in [0, 0.1) is 0 Å². The zero-order chi connectivity index (χ0) is 13.4. The minimum absolute atomic E-state index is 0.478. The SMILES string of the molecule is OC(Cc1ccc(Cl)cc1Cl)c1cc2c(s1)CCC2. The molecule has 0 aliphatic heterocycles. The normalized spacial score (nSPS) is 15.5. The summed E-state index contributed by atoms with van der Waals surface area (Å²) in [6.07, 6.45) is 3.62. The zero-order valence-electron chi connectivity index (χ0n) is 10.3. The van der Waals surface area contributed by atoms with E-state index in [-0.39, 0.29) is 0 Å². The summed E-state index contributed by atoms with van der Waals surface area (Å²) in [5.74, 6) is 0. The predicted octanol–water partition coefficient (Wildman–Crippen LogP) is 4.82. The minimum atomic E-state index is -0.478. The lowest BCUT2D eigenvalue weighted by Crippen LogP contribution is -2.00. The van der Waals surface area contributed by atoms with Gasteiger partial charge in [-0.05, 0) is 48.6 Å². The molecule has 0 amide bonds. The molecule has 1 aliphatic rings. The maximum atomic E-state index is 10.3. The number of hydrogen-bond donors (Lipinski definition) is 1. The Kier molecular flexibility index (Phi) is 3.86. The van der Waals surface area contributed by atoms with Gasteiger partial charge in [0, 0.05) is 26.2 Å². The van der Waals surface area contributed by atoms with Crippen molar-refractivity contribution in [2.45, 2.75) is 31.8 Å². The van der Waals surface area contributed by atoms with Crippen molar-refractivity contribution in [2.24, 2.45) is 0 Å². The molecule has 19 heavy (non-hydrogen) atoms. The molecule has 1 nitrogen and oxygen atoms in total. The van der Waals surface area contributed by atoms with Crippen molar-refractivity contribution in [1.82, 2.24) is 0 Å². The number of aliphatic hydroxyl groups is 1. The van der Waals surface area contributed by atoms with E-state index in [1.807, 2.05) is 12.1 Å². The largest absolute Gasteiger partial charge is 0.387 e. The van der Waals surface area contributed by atoms with Crippen molar-refractivity contribution < 1.29 is 5.11 Å². The van der Waals surface area contributed by atoms with Crippen LogP contribution in [-0.2, 0) is 19.3 Å². The molecule has 1 atom stereocenters. The minimum Gasteiger partial charge on any atom is -0.387 e. The zero-order valence-corrected chi connectivity index (χ0v) is 12.7. The van der Waals surface area contributed by atoms with E-state index in [9.17, 15) is 5.11 Å². The number of thiophene rings is 1. The van der Waals surface area contributed by atoms with Gasteiger partial charge in [0.1, 0.15) is 0 Å². The molecule has 0 bridgehead atoms. The maximum absolute atomic E-state index is 10.3. The second-order valence-electron chi connectivity index (χ2n) is 4.91. The molecule has 1 unspecified atom stereocenters. The molecule has 3 rings (SSSR count). The number of aryl methyl sites for hydroxylation is 2. The highest BCUT2D eigenvalue weighted by Crippen LogP contribution is 2.35. The van der Waals surface area contributed by atoms with Crippen LogP contribution in [0.1, 0.15) is 33.4 Å². The summed E-state index contributed by atoms with van der Waals surface area (Å²) in [4.78, 5) is 2.49. The summed E-state index contributed by atoms with van der Waals surface area (Å²) < 4.78 is 0. The summed E-state index contributed by atoms with van der Waals surface area (Å²) in [6.45, 7) is 0. The van der Waals surface area contributed by atoms with E-state index in [4.69, 9.17) is 23.2 Å². The van der Waals surface area contributed by atoms with E-state index in [0.717, 1.165) is 23.3 Å². The lowest BCUT2D eigenvalue weighted by atomic mass is 10.1. The Hall–Kier alpha value is -0.540. The first kappa shape index (κ1) is 13.4. The number of fused-ring (bicyclic) bond motifs is 1. The first-order chi connectivity index (χ1) is 9.13. The van der Waals surface area contributed by atoms with Crippen molar-refractivity contribution in [3.8, 4) is 0 Å². The van der Waals surface area contributed by atoms with Gasteiger partial charge in [0.15, 0.2) is 0 Å². The lowest BCUT2D eigenvalue weighted by molar-refractivity contribution is 0.182. The van der Waals surface area contributed by atoms with Gasteiger partial charge in [0.25, 0.3) is 0 Å². The second-order valence-corrected chi connectivity index (χ2v) is 6.92. The first-order valence-corrected chi connectivity index (χ1v) is 7.94. The fraction of sp³-hybridized carbons (Fsp3) is 0.333. The van der Waals surface area contributed by atoms with Crippen molar-refractivity contribution >= 4 is 34.5 Å². The highest BCUT2D eigenvalue weighted by Gasteiger charge is 2.19. The Labute approximate surface area is 126 Å². The Morgan fingerprint density at radius 1 is 1.21 bits per heavy atom. The maximum Gasteiger partial charge on any atom is 0.0922 e. The van der Waals surface area contributed by atoms with E-state index >= 15 is 0 Å². The molecule has 4 heteroatoms. The van der Waals surface area contributed by atoms with Crippen molar-refractivity contribution in [2.75, 3.05) is 0 Å². The Balaban J connectivity index is 1.78. The average Bonchev–Trinajstić information content (AvgIpc) is 2.93. The van der Waals surface area contributed by atoms with Gasteiger partial charge in [-0.15, -0.1) is 11.3 Å². The quantitative estimate of drug-likeness (QED) is 0.861. The van der Waals surface area contributed by atoms with Crippen LogP contribution in [0.3, 0.4) is 0 Å². The highest BCUT2D eigenvalue weighted by atomic mass is 35.5.